The summed E-state index contributed by atoms with van der Waals surface area (Å²) in [6, 6.07) is 13.5. The Morgan fingerprint density at radius 3 is 2.38 bits per heavy atom. The topological polar surface area (TPSA) is 31.2 Å². The SMILES string of the molecule is CC.COc1cc2c(cc1Br)cc(C)c(=O)n2CCc1ccc(Cl)cc1. The molecular weight excluding hydrogens is 414 g/mol. The maximum atomic E-state index is 12.6. The average Bonchev–Trinajstić information content (AvgIpc) is 2.65. The Labute approximate surface area is 167 Å². The smallest absolute Gasteiger partial charge is 0.253 e. The maximum Gasteiger partial charge on any atom is 0.253 e. The molecule has 1 heterocycles. The molecule has 0 radical (unpaired) electrons. The minimum Gasteiger partial charge on any atom is -0.495 e. The van der Waals surface area contributed by atoms with Gasteiger partial charge in [0.05, 0.1) is 17.1 Å². The molecule has 3 aromatic rings. The largest absolute Gasteiger partial charge is 0.495 e. The van der Waals surface area contributed by atoms with Crippen molar-refractivity contribution in [1.82, 2.24) is 4.57 Å². The van der Waals surface area contributed by atoms with Crippen LogP contribution in [0.5, 0.6) is 5.75 Å². The standard InChI is InChI=1S/C19H17BrClNO2.C2H6/c1-12-9-14-10-16(20)18(24-2)11-17(14)22(19(12)23)8-7-13-3-5-15(21)6-4-13;1-2/h3-6,9-11H,7-8H2,1-2H3;1-2H3. The van der Waals surface area contributed by atoms with Gasteiger partial charge in [0.1, 0.15) is 5.75 Å². The van der Waals surface area contributed by atoms with Gasteiger partial charge in [0, 0.05) is 28.6 Å². The Morgan fingerprint density at radius 1 is 1.12 bits per heavy atom. The van der Waals surface area contributed by atoms with Crippen LogP contribution in [0, 0.1) is 6.92 Å². The fourth-order valence-electron chi connectivity index (χ4n) is 2.80. The molecule has 26 heavy (non-hydrogen) atoms. The van der Waals surface area contributed by atoms with E-state index in [1.165, 1.54) is 0 Å². The molecule has 138 valence electrons. The van der Waals surface area contributed by atoms with Gasteiger partial charge in [-0.15, -0.1) is 0 Å². The van der Waals surface area contributed by atoms with Gasteiger partial charge in [0.2, 0.25) is 0 Å². The number of hydrogen-bond acceptors (Lipinski definition) is 2. The Hall–Kier alpha value is -1.78. The predicted octanol–water partition coefficient (Wildman–Crippen LogP) is 6.00. The van der Waals surface area contributed by atoms with E-state index in [2.05, 4.69) is 15.9 Å². The van der Waals surface area contributed by atoms with E-state index in [0.29, 0.717) is 17.3 Å². The van der Waals surface area contributed by atoms with Crippen LogP contribution in [0.15, 0.2) is 51.7 Å². The van der Waals surface area contributed by atoms with Crippen LogP contribution in [0.1, 0.15) is 25.0 Å². The lowest BCUT2D eigenvalue weighted by molar-refractivity contribution is 0.412. The van der Waals surface area contributed by atoms with Gasteiger partial charge in [-0.3, -0.25) is 4.79 Å². The van der Waals surface area contributed by atoms with E-state index in [9.17, 15) is 4.79 Å². The normalized spacial score (nSPS) is 10.4. The quantitative estimate of drug-likeness (QED) is 0.502. The minimum atomic E-state index is 0.0286. The van der Waals surface area contributed by atoms with Gasteiger partial charge in [0.15, 0.2) is 0 Å². The van der Waals surface area contributed by atoms with Crippen molar-refractivity contribution in [2.45, 2.75) is 33.7 Å². The number of halogens is 2. The Balaban J connectivity index is 0.00000117. The molecule has 0 saturated carbocycles. The minimum absolute atomic E-state index is 0.0286. The average molecular weight is 437 g/mol. The number of ether oxygens (including phenoxy) is 1. The molecule has 0 bridgehead atoms. The fourth-order valence-corrected chi connectivity index (χ4v) is 3.44. The number of fused-ring (bicyclic) bond motifs is 1. The number of hydrogen-bond donors (Lipinski definition) is 0. The third-order valence-electron chi connectivity index (χ3n) is 4.08. The summed E-state index contributed by atoms with van der Waals surface area (Å²) in [7, 11) is 1.62. The molecule has 0 fully saturated rings. The van der Waals surface area contributed by atoms with E-state index >= 15 is 0 Å². The van der Waals surface area contributed by atoms with Crippen LogP contribution in [0.25, 0.3) is 10.9 Å². The second-order valence-electron chi connectivity index (χ2n) is 5.71. The lowest BCUT2D eigenvalue weighted by Crippen LogP contribution is -2.23. The van der Waals surface area contributed by atoms with Crippen LogP contribution in [0.2, 0.25) is 5.02 Å². The molecule has 0 amide bonds. The number of methoxy groups -OCH3 is 1. The van der Waals surface area contributed by atoms with Crippen molar-refractivity contribution in [3.05, 3.63) is 73.4 Å². The van der Waals surface area contributed by atoms with E-state index in [-0.39, 0.29) is 5.56 Å². The molecule has 3 nitrogen and oxygen atoms in total. The first-order chi connectivity index (χ1) is 12.5. The molecule has 0 aliphatic heterocycles. The zero-order valence-electron chi connectivity index (χ0n) is 15.5. The number of rotatable bonds is 4. The Bertz CT molecular complexity index is 949. The maximum absolute atomic E-state index is 12.6. The van der Waals surface area contributed by atoms with Crippen molar-refractivity contribution in [3.63, 3.8) is 0 Å². The summed E-state index contributed by atoms with van der Waals surface area (Å²) in [5, 5.41) is 1.72. The van der Waals surface area contributed by atoms with Gasteiger partial charge in [-0.1, -0.05) is 37.6 Å². The summed E-state index contributed by atoms with van der Waals surface area (Å²) in [5.74, 6) is 0.714. The number of pyridine rings is 1. The molecule has 0 atom stereocenters. The molecule has 2 aromatic carbocycles. The van der Waals surface area contributed by atoms with Crippen LogP contribution < -0.4 is 10.3 Å². The van der Waals surface area contributed by atoms with Crippen molar-refractivity contribution >= 4 is 38.4 Å². The van der Waals surface area contributed by atoms with Crippen LogP contribution in [0.4, 0.5) is 0 Å². The van der Waals surface area contributed by atoms with E-state index in [1.807, 2.05) is 67.8 Å². The van der Waals surface area contributed by atoms with Crippen molar-refractivity contribution in [1.29, 1.82) is 0 Å². The van der Waals surface area contributed by atoms with Crippen LogP contribution >= 0.6 is 27.5 Å². The van der Waals surface area contributed by atoms with Gasteiger partial charge in [0.25, 0.3) is 5.56 Å². The summed E-state index contributed by atoms with van der Waals surface area (Å²) in [5.41, 5.74) is 2.78. The highest BCUT2D eigenvalue weighted by atomic mass is 79.9. The molecule has 0 N–H and O–H groups in total. The molecule has 1 aromatic heterocycles. The molecule has 5 heteroatoms. The fraction of sp³-hybridized carbons (Fsp3) is 0.286. The summed E-state index contributed by atoms with van der Waals surface area (Å²) in [6.45, 7) is 6.45. The van der Waals surface area contributed by atoms with Crippen molar-refractivity contribution in [3.8, 4) is 5.75 Å². The third-order valence-corrected chi connectivity index (χ3v) is 4.96. The second-order valence-corrected chi connectivity index (χ2v) is 7.00. The van der Waals surface area contributed by atoms with Gasteiger partial charge < -0.3 is 9.30 Å². The summed E-state index contributed by atoms with van der Waals surface area (Å²) in [4.78, 5) is 12.6. The summed E-state index contributed by atoms with van der Waals surface area (Å²) >= 11 is 9.43. The van der Waals surface area contributed by atoms with Crippen molar-refractivity contribution in [2.75, 3.05) is 7.11 Å². The highest BCUT2D eigenvalue weighted by Gasteiger charge is 2.10. The van der Waals surface area contributed by atoms with Crippen LogP contribution in [-0.2, 0) is 13.0 Å². The van der Waals surface area contributed by atoms with E-state index in [1.54, 1.807) is 7.11 Å². The molecular formula is C21H23BrClNO2. The zero-order chi connectivity index (χ0) is 19.3. The molecule has 0 unspecified atom stereocenters. The van der Waals surface area contributed by atoms with E-state index in [4.69, 9.17) is 16.3 Å². The van der Waals surface area contributed by atoms with Gasteiger partial charge in [-0.05, 0) is 59.1 Å². The monoisotopic (exact) mass is 435 g/mol. The number of nitrogens with zero attached hydrogens (tertiary/aromatic N) is 1. The number of aryl methyl sites for hydroxylation is 3. The summed E-state index contributed by atoms with van der Waals surface area (Å²) in [6.07, 6.45) is 0.758. The highest BCUT2D eigenvalue weighted by molar-refractivity contribution is 9.10. The first-order valence-electron chi connectivity index (χ1n) is 8.61. The van der Waals surface area contributed by atoms with Gasteiger partial charge >= 0.3 is 0 Å². The number of aromatic nitrogens is 1. The first kappa shape index (κ1) is 20.5. The van der Waals surface area contributed by atoms with Crippen LogP contribution in [0.3, 0.4) is 0 Å². The van der Waals surface area contributed by atoms with E-state index < -0.39 is 0 Å². The predicted molar refractivity (Wildman–Crippen MR) is 114 cm³/mol. The summed E-state index contributed by atoms with van der Waals surface area (Å²) < 4.78 is 8.07. The zero-order valence-corrected chi connectivity index (χ0v) is 17.8. The number of benzene rings is 2. The molecule has 0 aliphatic carbocycles. The molecule has 3 rings (SSSR count). The second kappa shape index (κ2) is 9.24. The van der Waals surface area contributed by atoms with E-state index in [0.717, 1.165) is 32.9 Å². The molecule has 0 aliphatic rings. The highest BCUT2D eigenvalue weighted by Crippen LogP contribution is 2.30. The van der Waals surface area contributed by atoms with Crippen molar-refractivity contribution < 1.29 is 4.74 Å². The van der Waals surface area contributed by atoms with Crippen molar-refractivity contribution in [2.24, 2.45) is 0 Å². The molecule has 0 spiro atoms. The Morgan fingerprint density at radius 2 is 1.77 bits per heavy atom. The molecule has 0 saturated heterocycles. The lowest BCUT2D eigenvalue weighted by atomic mass is 10.1. The lowest BCUT2D eigenvalue weighted by Gasteiger charge is -2.14. The third kappa shape index (κ3) is 4.49. The first-order valence-corrected chi connectivity index (χ1v) is 9.79. The van der Waals surface area contributed by atoms with Gasteiger partial charge in [-0.25, -0.2) is 0 Å². The Kier molecular flexibility index (Phi) is 7.30. The van der Waals surface area contributed by atoms with Crippen LogP contribution in [-0.4, -0.2) is 11.7 Å². The van der Waals surface area contributed by atoms with Gasteiger partial charge in [-0.2, -0.15) is 0 Å².